The van der Waals surface area contributed by atoms with E-state index in [1.54, 1.807) is 21.1 Å². The van der Waals surface area contributed by atoms with E-state index >= 15 is 0 Å². The first-order valence-electron chi connectivity index (χ1n) is 9.80. The number of carbonyl (C=O) groups is 2. The fraction of sp³-hybridized carbons (Fsp3) is 0.400. The summed E-state index contributed by atoms with van der Waals surface area (Å²) in [6.07, 6.45) is 2.38. The van der Waals surface area contributed by atoms with Crippen molar-refractivity contribution in [3.63, 3.8) is 0 Å². The molecule has 0 aromatic carbocycles. The van der Waals surface area contributed by atoms with E-state index in [1.807, 2.05) is 29.3 Å². The van der Waals surface area contributed by atoms with Crippen molar-refractivity contribution in [1.29, 1.82) is 0 Å². The van der Waals surface area contributed by atoms with Crippen LogP contribution in [0.2, 0.25) is 0 Å². The summed E-state index contributed by atoms with van der Waals surface area (Å²) in [7, 11) is 0. The number of amides is 2. The molecule has 1 fully saturated rings. The van der Waals surface area contributed by atoms with Gasteiger partial charge in [0.05, 0.1) is 16.6 Å². The number of rotatable bonds is 3. The Kier molecular flexibility index (Phi) is 5.38. The van der Waals surface area contributed by atoms with Crippen LogP contribution in [0.1, 0.15) is 20.1 Å². The van der Waals surface area contributed by atoms with Gasteiger partial charge < -0.3 is 9.80 Å². The van der Waals surface area contributed by atoms with Gasteiger partial charge in [0.15, 0.2) is 0 Å². The molecule has 0 saturated carbocycles. The Morgan fingerprint density at radius 2 is 1.93 bits per heavy atom. The highest BCUT2D eigenvalue weighted by Crippen LogP contribution is 2.35. The first-order chi connectivity index (χ1) is 14.6. The molecule has 7 nitrogen and oxygen atoms in total. The fourth-order valence-electron chi connectivity index (χ4n) is 3.92. The summed E-state index contributed by atoms with van der Waals surface area (Å²) < 4.78 is 1.43. The predicted molar refractivity (Wildman–Crippen MR) is 121 cm³/mol. The Morgan fingerprint density at radius 3 is 2.70 bits per heavy atom. The average molecular weight is 461 g/mol. The molecule has 2 aliphatic heterocycles. The zero-order chi connectivity index (χ0) is 20.7. The van der Waals surface area contributed by atoms with Crippen molar-refractivity contribution in [2.24, 2.45) is 0 Å². The molecule has 0 bridgehead atoms. The van der Waals surface area contributed by atoms with Gasteiger partial charge in [-0.15, -0.1) is 22.7 Å². The van der Waals surface area contributed by atoms with Crippen LogP contribution < -0.4 is 5.56 Å². The van der Waals surface area contributed by atoms with Gasteiger partial charge in [-0.25, -0.2) is 4.98 Å². The van der Waals surface area contributed by atoms with E-state index in [-0.39, 0.29) is 23.9 Å². The molecular weight excluding hydrogens is 440 g/mol. The van der Waals surface area contributed by atoms with E-state index < -0.39 is 0 Å². The van der Waals surface area contributed by atoms with Crippen LogP contribution in [0.4, 0.5) is 0 Å². The minimum Gasteiger partial charge on any atom is -0.338 e. The number of thioether (sulfide) groups is 1. The highest BCUT2D eigenvalue weighted by Gasteiger charge is 2.26. The molecule has 30 heavy (non-hydrogen) atoms. The van der Waals surface area contributed by atoms with Crippen LogP contribution in [0.25, 0.3) is 10.2 Å². The summed E-state index contributed by atoms with van der Waals surface area (Å²) in [4.78, 5) is 49.1. The molecule has 2 amide bonds. The molecule has 0 unspecified atom stereocenters. The predicted octanol–water partition coefficient (Wildman–Crippen LogP) is 2.29. The molecule has 0 spiro atoms. The Labute approximate surface area is 185 Å². The standard InChI is InChI=1S/C20H20N4O3S3/c25-16(22-4-6-23(7-5-22)19(26)14-2-1-8-29-14)10-24-12-21-18-17(20(24)27)13-3-9-28-11-15(13)30-18/h1-2,8,12H,3-7,9-11H2. The van der Waals surface area contributed by atoms with Gasteiger partial charge in [0.1, 0.15) is 11.4 Å². The van der Waals surface area contributed by atoms with Crippen LogP contribution in [-0.4, -0.2) is 63.1 Å². The summed E-state index contributed by atoms with van der Waals surface area (Å²) >= 11 is 4.90. The lowest BCUT2D eigenvalue weighted by molar-refractivity contribution is -0.133. The van der Waals surface area contributed by atoms with Crippen molar-refractivity contribution in [2.45, 2.75) is 18.7 Å². The second kappa shape index (κ2) is 8.16. The van der Waals surface area contributed by atoms with Crippen LogP contribution in [-0.2, 0) is 23.5 Å². The van der Waals surface area contributed by atoms with Crippen LogP contribution >= 0.6 is 34.4 Å². The van der Waals surface area contributed by atoms with Crippen molar-refractivity contribution in [3.05, 3.63) is 49.5 Å². The maximum Gasteiger partial charge on any atom is 0.264 e. The molecular formula is C20H20N4O3S3. The molecule has 0 N–H and O–H groups in total. The largest absolute Gasteiger partial charge is 0.338 e. The number of carbonyl (C=O) groups excluding carboxylic acids is 2. The number of aromatic nitrogens is 2. The van der Waals surface area contributed by atoms with Crippen LogP contribution in [0.3, 0.4) is 0 Å². The number of nitrogens with zero attached hydrogens (tertiary/aromatic N) is 4. The van der Waals surface area contributed by atoms with E-state index in [2.05, 4.69) is 4.98 Å². The van der Waals surface area contributed by atoms with Gasteiger partial charge in [0.25, 0.3) is 11.5 Å². The van der Waals surface area contributed by atoms with Gasteiger partial charge in [-0.3, -0.25) is 19.0 Å². The molecule has 156 valence electrons. The average Bonchev–Trinajstić information content (AvgIpc) is 3.43. The van der Waals surface area contributed by atoms with Crippen LogP contribution in [0, 0.1) is 0 Å². The molecule has 5 rings (SSSR count). The van der Waals surface area contributed by atoms with E-state index in [1.165, 1.54) is 27.1 Å². The van der Waals surface area contributed by atoms with E-state index in [9.17, 15) is 14.4 Å². The van der Waals surface area contributed by atoms with Gasteiger partial charge in [0, 0.05) is 36.8 Å². The minimum absolute atomic E-state index is 0.0139. The van der Waals surface area contributed by atoms with E-state index in [4.69, 9.17) is 0 Å². The van der Waals surface area contributed by atoms with Gasteiger partial charge in [-0.2, -0.15) is 11.8 Å². The third-order valence-electron chi connectivity index (χ3n) is 5.55. The molecule has 3 aromatic heterocycles. The van der Waals surface area contributed by atoms with Crippen molar-refractivity contribution in [3.8, 4) is 0 Å². The van der Waals surface area contributed by atoms with E-state index in [0.717, 1.165) is 33.2 Å². The lowest BCUT2D eigenvalue weighted by Crippen LogP contribution is -2.51. The molecule has 0 atom stereocenters. The smallest absolute Gasteiger partial charge is 0.264 e. The second-order valence-electron chi connectivity index (χ2n) is 7.31. The Morgan fingerprint density at radius 1 is 1.13 bits per heavy atom. The number of aryl methyl sites for hydroxylation is 1. The lowest BCUT2D eigenvalue weighted by atomic mass is 10.1. The maximum absolute atomic E-state index is 13.1. The SMILES string of the molecule is O=C(Cn1cnc2sc3c(c2c1=O)CCSC3)N1CCN(C(=O)c2cccs2)CC1. The molecule has 3 aromatic rings. The van der Waals surface area contributed by atoms with Gasteiger partial charge >= 0.3 is 0 Å². The van der Waals surface area contributed by atoms with Crippen molar-refractivity contribution in [1.82, 2.24) is 19.4 Å². The molecule has 5 heterocycles. The fourth-order valence-corrected chi connectivity index (χ4v) is 6.92. The monoisotopic (exact) mass is 460 g/mol. The minimum atomic E-state index is -0.121. The third-order valence-corrected chi connectivity index (χ3v) is 8.71. The summed E-state index contributed by atoms with van der Waals surface area (Å²) in [5, 5.41) is 2.58. The quantitative estimate of drug-likeness (QED) is 0.600. The van der Waals surface area contributed by atoms with Gasteiger partial charge in [-0.05, 0) is 29.2 Å². The first kappa shape index (κ1) is 19.8. The summed E-state index contributed by atoms with van der Waals surface area (Å²) in [6, 6.07) is 3.69. The first-order valence-corrected chi connectivity index (χ1v) is 12.6. The number of fused-ring (bicyclic) bond motifs is 3. The highest BCUT2D eigenvalue weighted by molar-refractivity contribution is 7.98. The highest BCUT2D eigenvalue weighted by atomic mass is 32.2. The zero-order valence-electron chi connectivity index (χ0n) is 16.2. The van der Waals surface area contributed by atoms with Crippen molar-refractivity contribution >= 4 is 56.5 Å². The van der Waals surface area contributed by atoms with Gasteiger partial charge in [0.2, 0.25) is 5.91 Å². The second-order valence-corrected chi connectivity index (χ2v) is 10.5. The molecule has 10 heteroatoms. The Hall–Kier alpha value is -2.17. The Bertz CT molecular complexity index is 1160. The summed E-state index contributed by atoms with van der Waals surface area (Å²) in [6.45, 7) is 1.95. The number of thiophene rings is 2. The van der Waals surface area contributed by atoms with Crippen LogP contribution in [0.5, 0.6) is 0 Å². The maximum atomic E-state index is 13.1. The van der Waals surface area contributed by atoms with Crippen molar-refractivity contribution < 1.29 is 9.59 Å². The Balaban J connectivity index is 1.28. The van der Waals surface area contributed by atoms with E-state index in [0.29, 0.717) is 31.6 Å². The number of piperazine rings is 1. The lowest BCUT2D eigenvalue weighted by Gasteiger charge is -2.34. The zero-order valence-corrected chi connectivity index (χ0v) is 18.7. The van der Waals surface area contributed by atoms with Crippen molar-refractivity contribution in [2.75, 3.05) is 31.9 Å². The number of hydrogen-bond acceptors (Lipinski definition) is 7. The van der Waals surface area contributed by atoms with Crippen LogP contribution in [0.15, 0.2) is 28.6 Å². The molecule has 0 radical (unpaired) electrons. The normalized spacial score (nSPS) is 16.7. The molecule has 0 aliphatic carbocycles. The molecule has 2 aliphatic rings. The summed E-state index contributed by atoms with van der Waals surface area (Å²) in [5.41, 5.74) is 0.998. The summed E-state index contributed by atoms with van der Waals surface area (Å²) in [5.74, 6) is 1.86. The van der Waals surface area contributed by atoms with Gasteiger partial charge in [-0.1, -0.05) is 6.07 Å². The topological polar surface area (TPSA) is 75.5 Å². The third kappa shape index (κ3) is 3.57. The molecule has 1 saturated heterocycles. The number of hydrogen-bond donors (Lipinski definition) is 0.